The van der Waals surface area contributed by atoms with E-state index in [0.29, 0.717) is 18.6 Å². The predicted octanol–water partition coefficient (Wildman–Crippen LogP) is 2.43. The standard InChI is InChI=1S/C12H16BrNO3/c1-4-10(12(16)17-5-2)14-7-9(13)6-8(3)11(14)15/h6-7,10H,4-5H2,1-3H3. The summed E-state index contributed by atoms with van der Waals surface area (Å²) in [5, 5.41) is 0. The largest absolute Gasteiger partial charge is 0.464 e. The maximum absolute atomic E-state index is 12.0. The van der Waals surface area contributed by atoms with Gasteiger partial charge in [0.15, 0.2) is 0 Å². The Balaban J connectivity index is 3.21. The number of aryl methyl sites for hydroxylation is 1. The molecule has 0 aliphatic carbocycles. The average Bonchev–Trinajstić information content (AvgIpc) is 2.26. The van der Waals surface area contributed by atoms with Crippen LogP contribution >= 0.6 is 15.9 Å². The maximum atomic E-state index is 12.0. The SMILES string of the molecule is CCOC(=O)C(CC)n1cc(Br)cc(C)c1=O. The highest BCUT2D eigenvalue weighted by Crippen LogP contribution is 2.15. The lowest BCUT2D eigenvalue weighted by molar-refractivity contribution is -0.147. The first kappa shape index (κ1) is 14.0. The minimum Gasteiger partial charge on any atom is -0.464 e. The topological polar surface area (TPSA) is 48.3 Å². The second kappa shape index (κ2) is 6.00. The number of hydrogen-bond donors (Lipinski definition) is 0. The summed E-state index contributed by atoms with van der Waals surface area (Å²) in [6.45, 7) is 5.64. The maximum Gasteiger partial charge on any atom is 0.329 e. The summed E-state index contributed by atoms with van der Waals surface area (Å²) < 4.78 is 7.17. The summed E-state index contributed by atoms with van der Waals surface area (Å²) in [6.07, 6.45) is 2.15. The molecule has 0 fully saturated rings. The summed E-state index contributed by atoms with van der Waals surface area (Å²) in [7, 11) is 0. The third kappa shape index (κ3) is 3.19. The number of rotatable bonds is 4. The van der Waals surface area contributed by atoms with Gasteiger partial charge in [0.05, 0.1) is 6.61 Å². The average molecular weight is 302 g/mol. The van der Waals surface area contributed by atoms with Gasteiger partial charge in [0, 0.05) is 16.2 Å². The molecule has 0 amide bonds. The lowest BCUT2D eigenvalue weighted by Crippen LogP contribution is -2.31. The summed E-state index contributed by atoms with van der Waals surface area (Å²) in [5.41, 5.74) is 0.440. The highest BCUT2D eigenvalue weighted by atomic mass is 79.9. The van der Waals surface area contributed by atoms with E-state index >= 15 is 0 Å². The van der Waals surface area contributed by atoms with Crippen LogP contribution in [0.5, 0.6) is 0 Å². The molecule has 4 nitrogen and oxygen atoms in total. The molecule has 0 aliphatic rings. The zero-order chi connectivity index (χ0) is 13.0. The second-order valence-electron chi connectivity index (χ2n) is 3.73. The number of carbonyl (C=O) groups is 1. The van der Waals surface area contributed by atoms with Crippen LogP contribution in [0, 0.1) is 6.92 Å². The Morgan fingerprint density at radius 2 is 2.18 bits per heavy atom. The third-order valence-electron chi connectivity index (χ3n) is 2.47. The minimum absolute atomic E-state index is 0.159. The molecule has 0 saturated carbocycles. The Hall–Kier alpha value is -1.10. The summed E-state index contributed by atoms with van der Waals surface area (Å²) in [5.74, 6) is -0.366. The second-order valence-corrected chi connectivity index (χ2v) is 4.65. The van der Waals surface area contributed by atoms with Crippen molar-refractivity contribution in [1.82, 2.24) is 4.57 Å². The van der Waals surface area contributed by atoms with E-state index in [1.54, 1.807) is 26.1 Å². The summed E-state index contributed by atoms with van der Waals surface area (Å²) in [6, 6.07) is 1.18. The number of halogens is 1. The zero-order valence-corrected chi connectivity index (χ0v) is 11.8. The van der Waals surface area contributed by atoms with Crippen LogP contribution in [0.2, 0.25) is 0 Å². The zero-order valence-electron chi connectivity index (χ0n) is 10.2. The number of aromatic nitrogens is 1. The van der Waals surface area contributed by atoms with Crippen LogP contribution in [-0.4, -0.2) is 17.1 Å². The molecule has 0 radical (unpaired) electrons. The minimum atomic E-state index is -0.557. The van der Waals surface area contributed by atoms with Gasteiger partial charge < -0.3 is 4.74 Å². The van der Waals surface area contributed by atoms with Crippen LogP contribution in [0.3, 0.4) is 0 Å². The first-order chi connectivity index (χ1) is 8.01. The van der Waals surface area contributed by atoms with Crippen molar-refractivity contribution in [2.24, 2.45) is 0 Å². The fourth-order valence-corrected chi connectivity index (χ4v) is 2.21. The van der Waals surface area contributed by atoms with E-state index in [-0.39, 0.29) is 11.5 Å². The fraction of sp³-hybridized carbons (Fsp3) is 0.500. The van der Waals surface area contributed by atoms with Crippen molar-refractivity contribution in [2.45, 2.75) is 33.2 Å². The van der Waals surface area contributed by atoms with E-state index in [1.807, 2.05) is 6.92 Å². The van der Waals surface area contributed by atoms with E-state index in [9.17, 15) is 9.59 Å². The number of pyridine rings is 1. The molecule has 1 rings (SSSR count). The molecule has 0 spiro atoms. The van der Waals surface area contributed by atoms with E-state index < -0.39 is 6.04 Å². The van der Waals surface area contributed by atoms with E-state index in [0.717, 1.165) is 4.47 Å². The van der Waals surface area contributed by atoms with Gasteiger partial charge in [0.2, 0.25) is 0 Å². The van der Waals surface area contributed by atoms with Gasteiger partial charge in [-0.15, -0.1) is 0 Å². The normalized spacial score (nSPS) is 12.2. The van der Waals surface area contributed by atoms with Gasteiger partial charge >= 0.3 is 5.97 Å². The number of carbonyl (C=O) groups excluding carboxylic acids is 1. The van der Waals surface area contributed by atoms with Crippen LogP contribution in [0.4, 0.5) is 0 Å². The molecule has 1 unspecified atom stereocenters. The van der Waals surface area contributed by atoms with Crippen molar-refractivity contribution in [2.75, 3.05) is 6.61 Å². The van der Waals surface area contributed by atoms with Gasteiger partial charge in [-0.1, -0.05) is 6.92 Å². The molecule has 0 aromatic carbocycles. The van der Waals surface area contributed by atoms with E-state index in [1.165, 1.54) is 4.57 Å². The first-order valence-corrected chi connectivity index (χ1v) is 6.35. The monoisotopic (exact) mass is 301 g/mol. The number of ether oxygens (including phenoxy) is 1. The molecule has 0 N–H and O–H groups in total. The molecule has 17 heavy (non-hydrogen) atoms. The molecule has 1 aromatic rings. The van der Waals surface area contributed by atoms with Gasteiger partial charge in [-0.25, -0.2) is 4.79 Å². The molecular weight excluding hydrogens is 286 g/mol. The number of esters is 1. The van der Waals surface area contributed by atoms with Crippen molar-refractivity contribution in [1.29, 1.82) is 0 Å². The Kier molecular flexibility index (Phi) is 4.93. The van der Waals surface area contributed by atoms with Gasteiger partial charge in [-0.2, -0.15) is 0 Å². The Morgan fingerprint density at radius 3 is 2.71 bits per heavy atom. The van der Waals surface area contributed by atoms with Crippen molar-refractivity contribution < 1.29 is 9.53 Å². The first-order valence-electron chi connectivity index (χ1n) is 5.56. The van der Waals surface area contributed by atoms with Gasteiger partial charge in [0.25, 0.3) is 5.56 Å². The Morgan fingerprint density at radius 1 is 1.53 bits per heavy atom. The fourth-order valence-electron chi connectivity index (χ4n) is 1.65. The highest BCUT2D eigenvalue weighted by molar-refractivity contribution is 9.10. The van der Waals surface area contributed by atoms with Gasteiger partial charge in [0.1, 0.15) is 6.04 Å². The van der Waals surface area contributed by atoms with E-state index in [4.69, 9.17) is 4.74 Å². The van der Waals surface area contributed by atoms with Crippen molar-refractivity contribution in [3.63, 3.8) is 0 Å². The number of nitrogens with zero attached hydrogens (tertiary/aromatic N) is 1. The smallest absolute Gasteiger partial charge is 0.329 e. The van der Waals surface area contributed by atoms with Crippen LogP contribution < -0.4 is 5.56 Å². The molecule has 0 bridgehead atoms. The van der Waals surface area contributed by atoms with Crippen LogP contribution in [0.25, 0.3) is 0 Å². The van der Waals surface area contributed by atoms with Crippen molar-refractivity contribution >= 4 is 21.9 Å². The van der Waals surface area contributed by atoms with Crippen LogP contribution in [0.15, 0.2) is 21.5 Å². The van der Waals surface area contributed by atoms with E-state index in [2.05, 4.69) is 15.9 Å². The quantitative estimate of drug-likeness (QED) is 0.803. The molecule has 94 valence electrons. The number of hydrogen-bond acceptors (Lipinski definition) is 3. The molecule has 1 heterocycles. The molecule has 1 atom stereocenters. The predicted molar refractivity (Wildman–Crippen MR) is 69.1 cm³/mol. The van der Waals surface area contributed by atoms with Crippen LogP contribution in [0.1, 0.15) is 31.9 Å². The molecule has 0 saturated heterocycles. The lowest BCUT2D eigenvalue weighted by Gasteiger charge is -2.17. The lowest BCUT2D eigenvalue weighted by atomic mass is 10.2. The molecule has 1 aromatic heterocycles. The molecule has 5 heteroatoms. The third-order valence-corrected chi connectivity index (χ3v) is 2.90. The Bertz CT molecular complexity index is 467. The summed E-state index contributed by atoms with van der Waals surface area (Å²) >= 11 is 3.32. The molecule has 0 aliphatic heterocycles. The van der Waals surface area contributed by atoms with Crippen molar-refractivity contribution in [3.8, 4) is 0 Å². The highest BCUT2D eigenvalue weighted by Gasteiger charge is 2.21. The van der Waals surface area contributed by atoms with Gasteiger partial charge in [-0.3, -0.25) is 9.36 Å². The Labute approximate surface area is 109 Å². The molecular formula is C12H16BrNO3. The van der Waals surface area contributed by atoms with Crippen molar-refractivity contribution in [3.05, 3.63) is 32.7 Å². The van der Waals surface area contributed by atoms with Crippen LogP contribution in [-0.2, 0) is 9.53 Å². The van der Waals surface area contributed by atoms with Gasteiger partial charge in [-0.05, 0) is 42.3 Å². The summed E-state index contributed by atoms with van der Waals surface area (Å²) in [4.78, 5) is 23.7.